The third-order valence-electron chi connectivity index (χ3n) is 7.37. The molecule has 0 aromatic heterocycles. The van der Waals surface area contributed by atoms with E-state index in [9.17, 15) is 15.0 Å². The second kappa shape index (κ2) is 39.0. The number of amides is 1. The maximum atomic E-state index is 12.2. The van der Waals surface area contributed by atoms with Crippen LogP contribution < -0.4 is 5.32 Å². The normalized spacial score (nSPS) is 14.6. The molecule has 0 aliphatic rings. The number of rotatable bonds is 31. The summed E-state index contributed by atoms with van der Waals surface area (Å²) in [6.07, 6.45) is 62.7. The molecule has 2 unspecified atom stereocenters. The fraction of sp³-hybridized carbons (Fsp3) is 0.489. The molecular weight excluding hydrogens is 602 g/mol. The molecule has 0 aliphatic heterocycles. The Balaban J connectivity index is 3.83. The number of aliphatic hydroxyl groups is 2. The SMILES string of the molecule is CC/C=C\C/C=C\C/C=C\C/C=C\C/C=C\C/C=C\C/C=C\C/C=C\C/C=C\CCCC(=O)NC(CO)C(O)/C=C/CC/C=C/CCCC. The van der Waals surface area contributed by atoms with E-state index in [1.165, 1.54) is 12.8 Å². The van der Waals surface area contributed by atoms with Crippen LogP contribution in [0, 0.1) is 0 Å². The highest BCUT2D eigenvalue weighted by atomic mass is 16.3. The minimum absolute atomic E-state index is 0.144. The maximum Gasteiger partial charge on any atom is 0.220 e. The number of hydrogen-bond donors (Lipinski definition) is 3. The molecule has 3 N–H and O–H groups in total. The predicted octanol–water partition coefficient (Wildman–Crippen LogP) is 11.6. The van der Waals surface area contributed by atoms with Gasteiger partial charge in [0.15, 0.2) is 0 Å². The highest BCUT2D eigenvalue weighted by Gasteiger charge is 2.17. The van der Waals surface area contributed by atoms with Gasteiger partial charge in [0.2, 0.25) is 5.91 Å². The number of aliphatic hydroxyl groups excluding tert-OH is 2. The predicted molar refractivity (Wildman–Crippen MR) is 215 cm³/mol. The molecule has 49 heavy (non-hydrogen) atoms. The molecular formula is C45H69NO3. The van der Waals surface area contributed by atoms with Crippen LogP contribution in [0.4, 0.5) is 0 Å². The van der Waals surface area contributed by atoms with Crippen molar-refractivity contribution in [2.24, 2.45) is 0 Å². The van der Waals surface area contributed by atoms with Crippen molar-refractivity contribution in [1.82, 2.24) is 5.32 Å². The molecule has 0 aromatic rings. The van der Waals surface area contributed by atoms with Crippen molar-refractivity contribution in [3.63, 3.8) is 0 Å². The Labute approximate surface area is 301 Å². The van der Waals surface area contributed by atoms with E-state index < -0.39 is 12.1 Å². The van der Waals surface area contributed by atoms with Crippen LogP contribution >= 0.6 is 0 Å². The van der Waals surface area contributed by atoms with Crippen LogP contribution in [0.5, 0.6) is 0 Å². The molecule has 4 heteroatoms. The number of nitrogens with one attached hydrogen (secondary N) is 1. The summed E-state index contributed by atoms with van der Waals surface area (Å²) in [4.78, 5) is 12.2. The summed E-state index contributed by atoms with van der Waals surface area (Å²) in [6, 6.07) is -0.677. The summed E-state index contributed by atoms with van der Waals surface area (Å²) in [5.74, 6) is -0.144. The second-order valence-electron chi connectivity index (χ2n) is 11.9. The Bertz CT molecular complexity index is 1080. The number of allylic oxidation sites excluding steroid dienone is 21. The van der Waals surface area contributed by atoms with Crippen LogP contribution in [0.25, 0.3) is 0 Å². The summed E-state index contributed by atoms with van der Waals surface area (Å²) in [5, 5.41) is 22.7. The molecule has 0 radical (unpaired) electrons. The highest BCUT2D eigenvalue weighted by Crippen LogP contribution is 2.04. The van der Waals surface area contributed by atoms with Crippen LogP contribution in [-0.2, 0) is 4.79 Å². The van der Waals surface area contributed by atoms with Gasteiger partial charge in [-0.05, 0) is 89.9 Å². The minimum Gasteiger partial charge on any atom is -0.394 e. The van der Waals surface area contributed by atoms with Crippen molar-refractivity contribution in [3.8, 4) is 0 Å². The van der Waals surface area contributed by atoms with Crippen molar-refractivity contribution >= 4 is 5.91 Å². The van der Waals surface area contributed by atoms with Gasteiger partial charge in [-0.3, -0.25) is 4.79 Å². The number of carbonyl (C=O) groups excluding carboxylic acids is 1. The van der Waals surface area contributed by atoms with Gasteiger partial charge in [0.1, 0.15) is 0 Å². The zero-order valence-corrected chi connectivity index (χ0v) is 30.9. The molecule has 0 heterocycles. The Morgan fingerprint density at radius 3 is 1.31 bits per heavy atom. The first-order valence-corrected chi connectivity index (χ1v) is 18.9. The third-order valence-corrected chi connectivity index (χ3v) is 7.37. The molecule has 2 atom stereocenters. The zero-order chi connectivity index (χ0) is 35.7. The van der Waals surface area contributed by atoms with Crippen molar-refractivity contribution in [2.45, 2.75) is 135 Å². The molecule has 272 valence electrons. The average Bonchev–Trinajstić information content (AvgIpc) is 3.10. The van der Waals surface area contributed by atoms with Gasteiger partial charge in [-0.1, -0.05) is 160 Å². The van der Waals surface area contributed by atoms with E-state index in [4.69, 9.17) is 0 Å². The Hall–Kier alpha value is -3.47. The lowest BCUT2D eigenvalue weighted by molar-refractivity contribution is -0.122. The Morgan fingerprint density at radius 1 is 0.510 bits per heavy atom. The second-order valence-corrected chi connectivity index (χ2v) is 11.9. The van der Waals surface area contributed by atoms with Crippen molar-refractivity contribution in [2.75, 3.05) is 6.61 Å². The molecule has 0 spiro atoms. The molecule has 0 saturated heterocycles. The van der Waals surface area contributed by atoms with E-state index in [0.29, 0.717) is 6.42 Å². The van der Waals surface area contributed by atoms with Crippen LogP contribution in [-0.4, -0.2) is 34.9 Å². The van der Waals surface area contributed by atoms with E-state index >= 15 is 0 Å². The van der Waals surface area contributed by atoms with Crippen molar-refractivity contribution in [1.29, 1.82) is 0 Å². The molecule has 0 aliphatic carbocycles. The van der Waals surface area contributed by atoms with E-state index in [2.05, 4.69) is 141 Å². The van der Waals surface area contributed by atoms with Gasteiger partial charge < -0.3 is 15.5 Å². The van der Waals surface area contributed by atoms with E-state index in [-0.39, 0.29) is 12.5 Å². The van der Waals surface area contributed by atoms with E-state index in [1.807, 2.05) is 6.08 Å². The summed E-state index contributed by atoms with van der Waals surface area (Å²) >= 11 is 0. The first-order valence-electron chi connectivity index (χ1n) is 18.9. The van der Waals surface area contributed by atoms with Crippen LogP contribution in [0.1, 0.15) is 123 Å². The van der Waals surface area contributed by atoms with Gasteiger partial charge in [-0.15, -0.1) is 0 Å². The lowest BCUT2D eigenvalue weighted by atomic mass is 10.1. The summed E-state index contributed by atoms with van der Waals surface area (Å²) < 4.78 is 0. The summed E-state index contributed by atoms with van der Waals surface area (Å²) in [6.45, 7) is 4.05. The van der Waals surface area contributed by atoms with Gasteiger partial charge in [0, 0.05) is 6.42 Å². The van der Waals surface area contributed by atoms with Gasteiger partial charge in [0.05, 0.1) is 18.8 Å². The highest BCUT2D eigenvalue weighted by molar-refractivity contribution is 5.76. The van der Waals surface area contributed by atoms with Crippen molar-refractivity contribution < 1.29 is 15.0 Å². The van der Waals surface area contributed by atoms with Gasteiger partial charge in [-0.2, -0.15) is 0 Å². The Kier molecular flexibility index (Phi) is 36.2. The fourth-order valence-corrected chi connectivity index (χ4v) is 4.47. The molecule has 0 aromatic carbocycles. The van der Waals surface area contributed by atoms with Crippen LogP contribution in [0.3, 0.4) is 0 Å². The van der Waals surface area contributed by atoms with Gasteiger partial charge >= 0.3 is 0 Å². The Morgan fingerprint density at radius 2 is 0.878 bits per heavy atom. The first kappa shape index (κ1) is 45.5. The van der Waals surface area contributed by atoms with Crippen LogP contribution in [0.2, 0.25) is 0 Å². The van der Waals surface area contributed by atoms with Gasteiger partial charge in [-0.25, -0.2) is 0 Å². The largest absolute Gasteiger partial charge is 0.394 e. The molecule has 1 amide bonds. The van der Waals surface area contributed by atoms with Crippen molar-refractivity contribution in [3.05, 3.63) is 134 Å². The smallest absolute Gasteiger partial charge is 0.220 e. The summed E-state index contributed by atoms with van der Waals surface area (Å²) in [5.41, 5.74) is 0. The van der Waals surface area contributed by atoms with Gasteiger partial charge in [0.25, 0.3) is 0 Å². The monoisotopic (exact) mass is 672 g/mol. The maximum absolute atomic E-state index is 12.2. The third kappa shape index (κ3) is 35.7. The quantitative estimate of drug-likeness (QED) is 0.0507. The molecule has 0 saturated carbocycles. The lowest BCUT2D eigenvalue weighted by Crippen LogP contribution is -2.45. The number of hydrogen-bond acceptors (Lipinski definition) is 3. The summed E-state index contributed by atoms with van der Waals surface area (Å²) in [7, 11) is 0. The van der Waals surface area contributed by atoms with E-state index in [1.54, 1.807) is 6.08 Å². The minimum atomic E-state index is -0.892. The lowest BCUT2D eigenvalue weighted by Gasteiger charge is -2.19. The number of carbonyl (C=O) groups is 1. The first-order chi connectivity index (χ1) is 24.2. The molecule has 0 fully saturated rings. The topological polar surface area (TPSA) is 69.6 Å². The average molecular weight is 672 g/mol. The molecule has 0 bridgehead atoms. The fourth-order valence-electron chi connectivity index (χ4n) is 4.47. The number of unbranched alkanes of at least 4 members (excludes halogenated alkanes) is 4. The molecule has 0 rings (SSSR count). The zero-order valence-electron chi connectivity index (χ0n) is 30.9. The molecule has 4 nitrogen and oxygen atoms in total. The standard InChI is InChI=1S/C45H69NO3/c1-3-5-7-9-11-13-14-15-16-17-18-19-20-21-22-23-24-25-26-27-28-29-30-31-32-33-35-37-39-41-45(49)46-43(42-47)44(48)40-38-36-34-12-10-8-6-4-2/h5,7,10-13,15-16,18-19,21-22,24-25,27-28,30-31,33,35,38,40,43-44,47-48H,3-4,6,8-9,14,17,20,23,26,29,32,34,36-37,39,41-42H2,1-2H3,(H,46,49)/b7-5-,12-10+,13-11-,16-15-,19-18-,22-21-,25-24-,28-27-,31-30-,35-33-,40-38+. The van der Waals surface area contributed by atoms with Crippen LogP contribution in [0.15, 0.2) is 134 Å². The van der Waals surface area contributed by atoms with E-state index in [0.717, 1.165) is 89.9 Å².